The number of anilines is 1. The van der Waals surface area contributed by atoms with E-state index in [-0.39, 0.29) is 5.91 Å². The highest BCUT2D eigenvalue weighted by molar-refractivity contribution is 7.16. The van der Waals surface area contributed by atoms with Crippen molar-refractivity contribution in [3.63, 3.8) is 0 Å². The standard InChI is InChI=1S/C14H16ClN3OS/c1-17(2)13-7-4-10(8-16-13)14(19)18(3)9-11-5-6-12(15)20-11/h4-8H,9H2,1-3H3. The van der Waals surface area contributed by atoms with E-state index in [9.17, 15) is 4.79 Å². The van der Waals surface area contributed by atoms with Gasteiger partial charge >= 0.3 is 0 Å². The van der Waals surface area contributed by atoms with Gasteiger partial charge in [0.1, 0.15) is 5.82 Å². The minimum absolute atomic E-state index is 0.0488. The molecular weight excluding hydrogens is 294 g/mol. The number of hydrogen-bond acceptors (Lipinski definition) is 4. The van der Waals surface area contributed by atoms with E-state index in [4.69, 9.17) is 11.6 Å². The molecule has 0 aliphatic rings. The molecule has 1 amide bonds. The van der Waals surface area contributed by atoms with Crippen LogP contribution in [0, 0.1) is 0 Å². The monoisotopic (exact) mass is 309 g/mol. The van der Waals surface area contributed by atoms with Crippen LogP contribution in [-0.4, -0.2) is 36.9 Å². The van der Waals surface area contributed by atoms with E-state index in [1.165, 1.54) is 11.3 Å². The van der Waals surface area contributed by atoms with Crippen molar-refractivity contribution >= 4 is 34.7 Å². The van der Waals surface area contributed by atoms with E-state index in [0.717, 1.165) is 15.0 Å². The number of carbonyl (C=O) groups is 1. The summed E-state index contributed by atoms with van der Waals surface area (Å²) in [6.07, 6.45) is 1.61. The molecule has 0 aliphatic carbocycles. The van der Waals surface area contributed by atoms with Crippen LogP contribution in [0.3, 0.4) is 0 Å². The lowest BCUT2D eigenvalue weighted by Crippen LogP contribution is -2.26. The molecule has 2 heterocycles. The largest absolute Gasteiger partial charge is 0.363 e. The van der Waals surface area contributed by atoms with Gasteiger partial charge in [-0.1, -0.05) is 11.6 Å². The summed E-state index contributed by atoms with van der Waals surface area (Å²) >= 11 is 7.37. The van der Waals surface area contributed by atoms with Crippen molar-refractivity contribution in [3.05, 3.63) is 45.2 Å². The van der Waals surface area contributed by atoms with Gasteiger partial charge < -0.3 is 9.80 Å². The zero-order valence-electron chi connectivity index (χ0n) is 11.6. The first-order valence-electron chi connectivity index (χ1n) is 6.10. The number of pyridine rings is 1. The Hall–Kier alpha value is -1.59. The average Bonchev–Trinajstić information content (AvgIpc) is 2.83. The first-order chi connectivity index (χ1) is 9.47. The van der Waals surface area contributed by atoms with Crippen molar-refractivity contribution in [3.8, 4) is 0 Å². The van der Waals surface area contributed by atoms with E-state index in [2.05, 4.69) is 4.98 Å². The number of rotatable bonds is 4. The van der Waals surface area contributed by atoms with Gasteiger partial charge in [-0.05, 0) is 24.3 Å². The number of nitrogens with zero attached hydrogens (tertiary/aromatic N) is 3. The minimum atomic E-state index is -0.0488. The maximum absolute atomic E-state index is 12.3. The lowest BCUT2D eigenvalue weighted by molar-refractivity contribution is 0.0786. The van der Waals surface area contributed by atoms with E-state index in [0.29, 0.717) is 12.1 Å². The molecule has 0 saturated carbocycles. The van der Waals surface area contributed by atoms with Crippen LogP contribution in [-0.2, 0) is 6.54 Å². The topological polar surface area (TPSA) is 36.4 Å². The quantitative estimate of drug-likeness (QED) is 0.870. The van der Waals surface area contributed by atoms with Crippen LogP contribution in [0.15, 0.2) is 30.5 Å². The second kappa shape index (κ2) is 6.24. The highest BCUT2D eigenvalue weighted by atomic mass is 35.5. The zero-order valence-corrected chi connectivity index (χ0v) is 13.2. The SMILES string of the molecule is CN(Cc1ccc(Cl)s1)C(=O)c1ccc(N(C)C)nc1. The molecule has 20 heavy (non-hydrogen) atoms. The lowest BCUT2D eigenvalue weighted by atomic mass is 10.2. The van der Waals surface area contributed by atoms with Gasteiger partial charge in [0, 0.05) is 32.2 Å². The molecule has 0 unspecified atom stereocenters. The molecule has 0 bridgehead atoms. The third kappa shape index (κ3) is 3.49. The summed E-state index contributed by atoms with van der Waals surface area (Å²) in [6.45, 7) is 0.547. The Morgan fingerprint density at radius 2 is 2.00 bits per heavy atom. The van der Waals surface area contributed by atoms with Crippen molar-refractivity contribution < 1.29 is 4.79 Å². The third-order valence-electron chi connectivity index (χ3n) is 2.82. The van der Waals surface area contributed by atoms with Gasteiger partial charge in [-0.15, -0.1) is 11.3 Å². The summed E-state index contributed by atoms with van der Waals surface area (Å²) < 4.78 is 0.734. The number of halogens is 1. The zero-order chi connectivity index (χ0) is 14.7. The maximum Gasteiger partial charge on any atom is 0.255 e. The molecule has 2 aromatic rings. The molecule has 0 saturated heterocycles. The number of thiophene rings is 1. The summed E-state index contributed by atoms with van der Waals surface area (Å²) in [5.74, 6) is 0.779. The molecule has 0 aliphatic heterocycles. The fourth-order valence-electron chi connectivity index (χ4n) is 1.74. The van der Waals surface area contributed by atoms with Gasteiger partial charge in [0.15, 0.2) is 0 Å². The average molecular weight is 310 g/mol. The van der Waals surface area contributed by atoms with Gasteiger partial charge in [0.2, 0.25) is 0 Å². The summed E-state index contributed by atoms with van der Waals surface area (Å²) in [6, 6.07) is 7.41. The van der Waals surface area contributed by atoms with Crippen LogP contribution in [0.5, 0.6) is 0 Å². The van der Waals surface area contributed by atoms with Gasteiger partial charge in [0.25, 0.3) is 5.91 Å². The predicted molar refractivity (Wildman–Crippen MR) is 83.7 cm³/mol. The number of carbonyl (C=O) groups excluding carboxylic acids is 1. The molecule has 0 fully saturated rings. The van der Waals surface area contributed by atoms with Crippen LogP contribution in [0.2, 0.25) is 4.34 Å². The smallest absolute Gasteiger partial charge is 0.255 e. The van der Waals surface area contributed by atoms with Crippen molar-refractivity contribution in [1.29, 1.82) is 0 Å². The second-order valence-corrected chi connectivity index (χ2v) is 6.47. The predicted octanol–water partition coefficient (Wildman–Crippen LogP) is 3.13. The van der Waals surface area contributed by atoms with E-state index in [1.54, 1.807) is 24.2 Å². The first-order valence-corrected chi connectivity index (χ1v) is 7.30. The molecule has 2 rings (SSSR count). The maximum atomic E-state index is 12.3. The summed E-state index contributed by atoms with van der Waals surface area (Å²) in [4.78, 5) is 21.1. The van der Waals surface area contributed by atoms with Gasteiger partial charge in [-0.2, -0.15) is 0 Å². The molecular formula is C14H16ClN3OS. The van der Waals surface area contributed by atoms with Crippen LogP contribution < -0.4 is 4.90 Å². The first kappa shape index (κ1) is 14.8. The minimum Gasteiger partial charge on any atom is -0.363 e. The Morgan fingerprint density at radius 3 is 2.50 bits per heavy atom. The van der Waals surface area contributed by atoms with E-state index >= 15 is 0 Å². The molecule has 106 valence electrons. The van der Waals surface area contributed by atoms with E-state index in [1.807, 2.05) is 37.2 Å². The van der Waals surface area contributed by atoms with E-state index < -0.39 is 0 Å². The van der Waals surface area contributed by atoms with Crippen molar-refractivity contribution in [1.82, 2.24) is 9.88 Å². The van der Waals surface area contributed by atoms with Crippen molar-refractivity contribution in [2.75, 3.05) is 26.0 Å². The fraction of sp³-hybridized carbons (Fsp3) is 0.286. The van der Waals surface area contributed by atoms with Crippen molar-refractivity contribution in [2.45, 2.75) is 6.54 Å². The molecule has 2 aromatic heterocycles. The van der Waals surface area contributed by atoms with Crippen molar-refractivity contribution in [2.24, 2.45) is 0 Å². The highest BCUT2D eigenvalue weighted by Crippen LogP contribution is 2.22. The van der Waals surface area contributed by atoms with Gasteiger partial charge in [0.05, 0.1) is 16.4 Å². The number of amides is 1. The molecule has 0 N–H and O–H groups in total. The summed E-state index contributed by atoms with van der Waals surface area (Å²) in [7, 11) is 5.60. The summed E-state index contributed by atoms with van der Waals surface area (Å²) in [5.41, 5.74) is 0.584. The van der Waals surface area contributed by atoms with Crippen LogP contribution in [0.4, 0.5) is 5.82 Å². The van der Waals surface area contributed by atoms with Crippen LogP contribution in [0.1, 0.15) is 15.2 Å². The molecule has 0 aromatic carbocycles. The molecule has 0 atom stereocenters. The molecule has 0 radical (unpaired) electrons. The molecule has 0 spiro atoms. The Kier molecular flexibility index (Phi) is 4.62. The Balaban J connectivity index is 2.06. The normalized spacial score (nSPS) is 10.4. The third-order valence-corrected chi connectivity index (χ3v) is 4.04. The Bertz CT molecular complexity index is 595. The lowest BCUT2D eigenvalue weighted by Gasteiger charge is -2.17. The number of hydrogen-bond donors (Lipinski definition) is 0. The second-order valence-electron chi connectivity index (χ2n) is 4.67. The van der Waals surface area contributed by atoms with Gasteiger partial charge in [-0.3, -0.25) is 4.79 Å². The molecule has 4 nitrogen and oxygen atoms in total. The summed E-state index contributed by atoms with van der Waals surface area (Å²) in [5, 5.41) is 0. The van der Waals surface area contributed by atoms with Crippen LogP contribution >= 0.6 is 22.9 Å². The molecule has 6 heteroatoms. The Labute approximate surface area is 127 Å². The van der Waals surface area contributed by atoms with Crippen LogP contribution in [0.25, 0.3) is 0 Å². The number of aromatic nitrogens is 1. The fourth-order valence-corrected chi connectivity index (χ4v) is 2.88. The van der Waals surface area contributed by atoms with Gasteiger partial charge in [-0.25, -0.2) is 4.98 Å². The highest BCUT2D eigenvalue weighted by Gasteiger charge is 2.13. The Morgan fingerprint density at radius 1 is 1.25 bits per heavy atom.